The Morgan fingerprint density at radius 1 is 1.21 bits per heavy atom. The van der Waals surface area contributed by atoms with Gasteiger partial charge in [-0.1, -0.05) is 12.1 Å². The Labute approximate surface area is 123 Å². The highest BCUT2D eigenvalue weighted by Crippen LogP contribution is 2.16. The van der Waals surface area contributed by atoms with E-state index in [1.807, 2.05) is 18.2 Å². The van der Waals surface area contributed by atoms with E-state index in [0.29, 0.717) is 11.4 Å². The number of benzene rings is 1. The van der Waals surface area contributed by atoms with Gasteiger partial charge in [0.25, 0.3) is 5.91 Å². The van der Waals surface area contributed by atoms with Crippen molar-refractivity contribution >= 4 is 40.2 Å². The molecule has 0 atom stereocenters. The predicted molar refractivity (Wildman–Crippen MR) is 78.9 cm³/mol. The number of para-hydroxylation sites is 1. The summed E-state index contributed by atoms with van der Waals surface area (Å²) in [6, 6.07) is 10.6. The number of nitrogens with one attached hydrogen (secondary N) is 2. The van der Waals surface area contributed by atoms with E-state index in [1.54, 1.807) is 24.4 Å². The SMILES string of the molecule is O=C(COC(=O)c1ccc[nH]1)Nc1ccccc1I. The summed E-state index contributed by atoms with van der Waals surface area (Å²) in [5, 5.41) is 2.68. The molecule has 0 unspecified atom stereocenters. The summed E-state index contributed by atoms with van der Waals surface area (Å²) in [6.45, 7) is -0.317. The lowest BCUT2D eigenvalue weighted by Gasteiger charge is -2.07. The van der Waals surface area contributed by atoms with E-state index in [2.05, 4.69) is 32.9 Å². The van der Waals surface area contributed by atoms with Crippen LogP contribution in [-0.4, -0.2) is 23.5 Å². The van der Waals surface area contributed by atoms with E-state index in [9.17, 15) is 9.59 Å². The number of ether oxygens (including phenoxy) is 1. The first-order valence-corrected chi connectivity index (χ1v) is 6.59. The number of aromatic nitrogens is 1. The molecule has 0 saturated heterocycles. The van der Waals surface area contributed by atoms with Crippen LogP contribution >= 0.6 is 22.6 Å². The normalized spacial score (nSPS) is 9.95. The standard InChI is InChI=1S/C13H11IN2O3/c14-9-4-1-2-5-10(9)16-12(17)8-19-13(18)11-6-3-7-15-11/h1-7,15H,8H2,(H,16,17). The van der Waals surface area contributed by atoms with Crippen molar-refractivity contribution in [2.75, 3.05) is 11.9 Å². The van der Waals surface area contributed by atoms with E-state index < -0.39 is 5.97 Å². The highest BCUT2D eigenvalue weighted by Gasteiger charge is 2.11. The largest absolute Gasteiger partial charge is 0.451 e. The lowest BCUT2D eigenvalue weighted by atomic mass is 10.3. The molecule has 0 aliphatic rings. The molecule has 0 saturated carbocycles. The number of aromatic amines is 1. The second kappa shape index (κ2) is 6.37. The molecule has 2 N–H and O–H groups in total. The Balaban J connectivity index is 1.86. The van der Waals surface area contributed by atoms with Gasteiger partial charge in [-0.25, -0.2) is 4.79 Å². The quantitative estimate of drug-likeness (QED) is 0.642. The Morgan fingerprint density at radius 3 is 2.68 bits per heavy atom. The number of esters is 1. The highest BCUT2D eigenvalue weighted by molar-refractivity contribution is 14.1. The molecule has 0 bridgehead atoms. The summed E-state index contributed by atoms with van der Waals surface area (Å²) in [4.78, 5) is 25.8. The van der Waals surface area contributed by atoms with E-state index in [-0.39, 0.29) is 12.5 Å². The first-order chi connectivity index (χ1) is 9.16. The molecule has 0 radical (unpaired) electrons. The predicted octanol–water partition coefficient (Wildman–Crippen LogP) is 2.41. The summed E-state index contributed by atoms with van der Waals surface area (Å²) < 4.78 is 5.80. The summed E-state index contributed by atoms with van der Waals surface area (Å²) in [5.41, 5.74) is 1.02. The van der Waals surface area contributed by atoms with Gasteiger partial charge in [0, 0.05) is 9.77 Å². The second-order valence-electron chi connectivity index (χ2n) is 3.69. The lowest BCUT2D eigenvalue weighted by Crippen LogP contribution is -2.21. The van der Waals surface area contributed by atoms with Crippen molar-refractivity contribution < 1.29 is 14.3 Å². The van der Waals surface area contributed by atoms with E-state index in [0.717, 1.165) is 3.57 Å². The van der Waals surface area contributed by atoms with Crippen molar-refractivity contribution in [1.82, 2.24) is 4.98 Å². The molecule has 98 valence electrons. The van der Waals surface area contributed by atoms with Crippen LogP contribution in [0, 0.1) is 3.57 Å². The van der Waals surface area contributed by atoms with Gasteiger partial charge >= 0.3 is 5.97 Å². The Kier molecular flexibility index (Phi) is 4.56. The number of amides is 1. The first kappa shape index (κ1) is 13.6. The first-order valence-electron chi connectivity index (χ1n) is 5.51. The molecule has 5 nitrogen and oxygen atoms in total. The molecule has 0 aliphatic carbocycles. The van der Waals surface area contributed by atoms with Gasteiger partial charge in [0.15, 0.2) is 6.61 Å². The Bertz CT molecular complexity index is 581. The van der Waals surface area contributed by atoms with Crippen LogP contribution in [0.4, 0.5) is 5.69 Å². The Morgan fingerprint density at radius 2 is 2.00 bits per heavy atom. The van der Waals surface area contributed by atoms with Crippen molar-refractivity contribution in [3.05, 3.63) is 51.9 Å². The molecule has 0 fully saturated rings. The van der Waals surface area contributed by atoms with Gasteiger partial charge < -0.3 is 15.0 Å². The molecule has 2 rings (SSSR count). The molecule has 0 spiro atoms. The number of carbonyl (C=O) groups excluding carboxylic acids is 2. The van der Waals surface area contributed by atoms with Crippen LogP contribution < -0.4 is 5.32 Å². The van der Waals surface area contributed by atoms with Crippen molar-refractivity contribution in [3.8, 4) is 0 Å². The summed E-state index contributed by atoms with van der Waals surface area (Å²) >= 11 is 2.12. The third-order valence-electron chi connectivity index (χ3n) is 2.30. The molecular formula is C13H11IN2O3. The van der Waals surface area contributed by atoms with Crippen LogP contribution in [0.25, 0.3) is 0 Å². The topological polar surface area (TPSA) is 71.2 Å². The molecule has 1 heterocycles. The summed E-state index contributed by atoms with van der Waals surface area (Å²) in [7, 11) is 0. The van der Waals surface area contributed by atoms with Gasteiger partial charge in [0.1, 0.15) is 5.69 Å². The lowest BCUT2D eigenvalue weighted by molar-refractivity contribution is -0.119. The molecule has 1 aromatic carbocycles. The fraction of sp³-hybridized carbons (Fsp3) is 0.0769. The number of halogens is 1. The molecule has 19 heavy (non-hydrogen) atoms. The summed E-state index contributed by atoms with van der Waals surface area (Å²) in [6.07, 6.45) is 1.61. The van der Waals surface area contributed by atoms with Crippen LogP contribution in [-0.2, 0) is 9.53 Å². The highest BCUT2D eigenvalue weighted by atomic mass is 127. The van der Waals surface area contributed by atoms with Crippen LogP contribution in [0.15, 0.2) is 42.6 Å². The number of rotatable bonds is 4. The third kappa shape index (κ3) is 3.82. The van der Waals surface area contributed by atoms with Crippen molar-refractivity contribution in [2.45, 2.75) is 0 Å². The minimum atomic E-state index is -0.553. The third-order valence-corrected chi connectivity index (χ3v) is 3.24. The maximum Gasteiger partial charge on any atom is 0.355 e. The van der Waals surface area contributed by atoms with Crippen LogP contribution in [0.3, 0.4) is 0 Å². The smallest absolute Gasteiger partial charge is 0.355 e. The molecule has 0 aliphatic heterocycles. The van der Waals surface area contributed by atoms with Crippen molar-refractivity contribution in [3.63, 3.8) is 0 Å². The number of anilines is 1. The molecule has 6 heteroatoms. The summed E-state index contributed by atoms with van der Waals surface area (Å²) in [5.74, 6) is -0.924. The van der Waals surface area contributed by atoms with Crippen LogP contribution in [0.2, 0.25) is 0 Å². The molecule has 1 amide bonds. The maximum atomic E-state index is 11.6. The zero-order chi connectivity index (χ0) is 13.7. The van der Waals surface area contributed by atoms with Crippen LogP contribution in [0.1, 0.15) is 10.5 Å². The number of hydrogen-bond donors (Lipinski definition) is 2. The number of H-pyrrole nitrogens is 1. The van der Waals surface area contributed by atoms with Gasteiger partial charge in [0.05, 0.1) is 5.69 Å². The fourth-order valence-corrected chi connectivity index (χ4v) is 1.94. The fourth-order valence-electron chi connectivity index (χ4n) is 1.42. The Hall–Kier alpha value is -1.83. The van der Waals surface area contributed by atoms with Crippen molar-refractivity contribution in [2.24, 2.45) is 0 Å². The molecule has 2 aromatic rings. The number of hydrogen-bond acceptors (Lipinski definition) is 3. The van der Waals surface area contributed by atoms with E-state index in [1.165, 1.54) is 0 Å². The van der Waals surface area contributed by atoms with Gasteiger partial charge in [-0.15, -0.1) is 0 Å². The van der Waals surface area contributed by atoms with Gasteiger partial charge in [-0.3, -0.25) is 4.79 Å². The molecule has 1 aromatic heterocycles. The minimum Gasteiger partial charge on any atom is -0.451 e. The van der Waals surface area contributed by atoms with Crippen LogP contribution in [0.5, 0.6) is 0 Å². The average molecular weight is 370 g/mol. The monoisotopic (exact) mass is 370 g/mol. The van der Waals surface area contributed by atoms with E-state index in [4.69, 9.17) is 4.74 Å². The minimum absolute atomic E-state index is 0.317. The van der Waals surface area contributed by atoms with Gasteiger partial charge in [-0.2, -0.15) is 0 Å². The number of carbonyl (C=O) groups is 2. The average Bonchev–Trinajstić information content (AvgIpc) is 2.93. The zero-order valence-electron chi connectivity index (χ0n) is 9.85. The van der Waals surface area contributed by atoms with Gasteiger partial charge in [-0.05, 0) is 46.9 Å². The zero-order valence-corrected chi connectivity index (χ0v) is 12.0. The second-order valence-corrected chi connectivity index (χ2v) is 4.85. The van der Waals surface area contributed by atoms with Gasteiger partial charge in [0.2, 0.25) is 0 Å². The van der Waals surface area contributed by atoms with E-state index >= 15 is 0 Å². The maximum absolute atomic E-state index is 11.6. The molecular weight excluding hydrogens is 359 g/mol. The van der Waals surface area contributed by atoms with Crippen molar-refractivity contribution in [1.29, 1.82) is 0 Å².